The topological polar surface area (TPSA) is 49.2 Å². The van der Waals surface area contributed by atoms with Gasteiger partial charge in [0.15, 0.2) is 0 Å². The minimum Gasteiger partial charge on any atom is -0.393 e. The van der Waals surface area contributed by atoms with Crippen LogP contribution < -0.4 is 4.90 Å². The standard InChI is InChI=1S/C14H19N3O/c1-4-17(13-15-8-5-9-16-13)11-6-7-12(18)14(2,3)10-11/h1,5,8-9,11-12,18H,6-7,10H2,2-3H3/t11-,12-/m1/s1. The van der Waals surface area contributed by atoms with Gasteiger partial charge in [-0.25, -0.2) is 9.97 Å². The second-order valence-corrected chi connectivity index (χ2v) is 5.49. The normalized spacial score (nSPS) is 26.3. The molecular weight excluding hydrogens is 226 g/mol. The Balaban J connectivity index is 2.18. The van der Waals surface area contributed by atoms with Gasteiger partial charge in [0, 0.05) is 24.5 Å². The van der Waals surface area contributed by atoms with Gasteiger partial charge in [0.2, 0.25) is 5.95 Å². The van der Waals surface area contributed by atoms with Crippen LogP contribution in [0.2, 0.25) is 0 Å². The van der Waals surface area contributed by atoms with E-state index in [0.29, 0.717) is 5.95 Å². The van der Waals surface area contributed by atoms with Crippen molar-refractivity contribution >= 4 is 5.95 Å². The summed E-state index contributed by atoms with van der Waals surface area (Å²) in [6.45, 7) is 4.15. The van der Waals surface area contributed by atoms with E-state index in [-0.39, 0.29) is 17.6 Å². The zero-order valence-electron chi connectivity index (χ0n) is 10.9. The molecule has 1 heterocycles. The molecule has 4 nitrogen and oxygen atoms in total. The summed E-state index contributed by atoms with van der Waals surface area (Å²) in [5.74, 6) is 0.567. The predicted molar refractivity (Wildman–Crippen MR) is 70.8 cm³/mol. The molecule has 1 saturated carbocycles. The molecule has 96 valence electrons. The van der Waals surface area contributed by atoms with Crippen molar-refractivity contribution < 1.29 is 5.11 Å². The van der Waals surface area contributed by atoms with Crippen LogP contribution in [0.25, 0.3) is 0 Å². The van der Waals surface area contributed by atoms with Gasteiger partial charge in [0.05, 0.1) is 6.10 Å². The number of hydrogen-bond acceptors (Lipinski definition) is 4. The van der Waals surface area contributed by atoms with Crippen LogP contribution in [0.1, 0.15) is 33.1 Å². The molecule has 1 aliphatic carbocycles. The van der Waals surface area contributed by atoms with Crippen LogP contribution in [0.3, 0.4) is 0 Å². The second kappa shape index (κ2) is 4.95. The summed E-state index contributed by atoms with van der Waals surface area (Å²) < 4.78 is 0. The van der Waals surface area contributed by atoms with Gasteiger partial charge in [-0.3, -0.25) is 4.90 Å². The fourth-order valence-corrected chi connectivity index (χ4v) is 2.55. The minimum absolute atomic E-state index is 0.118. The number of aliphatic hydroxyl groups excluding tert-OH is 1. The van der Waals surface area contributed by atoms with Gasteiger partial charge in [-0.1, -0.05) is 20.3 Å². The average Bonchev–Trinajstić information content (AvgIpc) is 2.36. The Morgan fingerprint density at radius 3 is 2.61 bits per heavy atom. The van der Waals surface area contributed by atoms with Crippen LogP contribution in [-0.2, 0) is 0 Å². The number of aliphatic hydroxyl groups is 1. The Bertz CT molecular complexity index is 438. The molecule has 0 amide bonds. The first-order valence-electron chi connectivity index (χ1n) is 6.25. The van der Waals surface area contributed by atoms with E-state index in [2.05, 4.69) is 29.9 Å². The first-order valence-corrected chi connectivity index (χ1v) is 6.25. The van der Waals surface area contributed by atoms with Crippen molar-refractivity contribution in [3.63, 3.8) is 0 Å². The highest BCUT2D eigenvalue weighted by atomic mass is 16.3. The zero-order valence-corrected chi connectivity index (χ0v) is 10.9. The fraction of sp³-hybridized carbons (Fsp3) is 0.571. The largest absolute Gasteiger partial charge is 0.393 e. The fourth-order valence-electron chi connectivity index (χ4n) is 2.55. The molecule has 1 aromatic rings. The third-order valence-corrected chi connectivity index (χ3v) is 3.71. The minimum atomic E-state index is -0.259. The molecular formula is C14H19N3O. The van der Waals surface area contributed by atoms with Crippen molar-refractivity contribution in [1.82, 2.24) is 9.97 Å². The number of terminal acetylenes is 1. The van der Waals surface area contributed by atoms with E-state index in [0.717, 1.165) is 19.3 Å². The van der Waals surface area contributed by atoms with E-state index in [4.69, 9.17) is 6.42 Å². The summed E-state index contributed by atoms with van der Waals surface area (Å²) in [5, 5.41) is 9.98. The van der Waals surface area contributed by atoms with Gasteiger partial charge in [-0.05, 0) is 30.7 Å². The smallest absolute Gasteiger partial charge is 0.237 e. The third-order valence-electron chi connectivity index (χ3n) is 3.71. The summed E-state index contributed by atoms with van der Waals surface area (Å²) in [6.07, 6.45) is 11.2. The quantitative estimate of drug-likeness (QED) is 0.638. The molecule has 1 aliphatic rings. The molecule has 4 heteroatoms. The Hall–Kier alpha value is -1.60. The van der Waals surface area contributed by atoms with Crippen LogP contribution in [-0.4, -0.2) is 27.2 Å². The molecule has 1 aromatic heterocycles. The predicted octanol–water partition coefficient (Wildman–Crippen LogP) is 1.81. The van der Waals surface area contributed by atoms with Gasteiger partial charge in [-0.2, -0.15) is 0 Å². The van der Waals surface area contributed by atoms with Crippen LogP contribution in [0.5, 0.6) is 0 Å². The van der Waals surface area contributed by atoms with Gasteiger partial charge in [0.25, 0.3) is 0 Å². The molecule has 1 fully saturated rings. The number of hydrogen-bond donors (Lipinski definition) is 1. The number of nitrogens with zero attached hydrogens (tertiary/aromatic N) is 3. The molecule has 0 spiro atoms. The van der Waals surface area contributed by atoms with Crippen molar-refractivity contribution in [3.05, 3.63) is 18.5 Å². The van der Waals surface area contributed by atoms with Crippen molar-refractivity contribution in [2.75, 3.05) is 4.90 Å². The lowest BCUT2D eigenvalue weighted by Gasteiger charge is -2.42. The van der Waals surface area contributed by atoms with Gasteiger partial charge in [-0.15, -0.1) is 0 Å². The molecule has 0 aromatic carbocycles. The number of rotatable bonds is 2. The highest BCUT2D eigenvalue weighted by Crippen LogP contribution is 2.38. The van der Waals surface area contributed by atoms with Crippen LogP contribution >= 0.6 is 0 Å². The Morgan fingerprint density at radius 2 is 2.06 bits per heavy atom. The van der Waals surface area contributed by atoms with E-state index in [1.54, 1.807) is 23.4 Å². The maximum atomic E-state index is 9.98. The molecule has 0 aliphatic heterocycles. The number of anilines is 1. The summed E-state index contributed by atoms with van der Waals surface area (Å²) in [6, 6.07) is 4.63. The van der Waals surface area contributed by atoms with E-state index in [1.807, 2.05) is 0 Å². The van der Waals surface area contributed by atoms with Crippen molar-refractivity contribution in [3.8, 4) is 12.5 Å². The van der Waals surface area contributed by atoms with Gasteiger partial charge >= 0.3 is 0 Å². The summed E-state index contributed by atoms with van der Waals surface area (Å²) in [5.41, 5.74) is -0.118. The molecule has 2 rings (SSSR count). The maximum absolute atomic E-state index is 9.98. The van der Waals surface area contributed by atoms with Crippen molar-refractivity contribution in [2.24, 2.45) is 5.41 Å². The van der Waals surface area contributed by atoms with Crippen LogP contribution in [0.4, 0.5) is 5.95 Å². The molecule has 0 bridgehead atoms. The molecule has 18 heavy (non-hydrogen) atoms. The molecule has 0 unspecified atom stereocenters. The monoisotopic (exact) mass is 245 g/mol. The average molecular weight is 245 g/mol. The highest BCUT2D eigenvalue weighted by molar-refractivity contribution is 5.39. The third kappa shape index (κ3) is 2.46. The van der Waals surface area contributed by atoms with Crippen LogP contribution in [0.15, 0.2) is 18.5 Å². The Morgan fingerprint density at radius 1 is 1.39 bits per heavy atom. The Kier molecular flexibility index (Phi) is 3.53. The van der Waals surface area contributed by atoms with E-state index < -0.39 is 0 Å². The van der Waals surface area contributed by atoms with E-state index in [1.165, 1.54) is 0 Å². The first-order chi connectivity index (χ1) is 8.54. The Labute approximate surface area is 108 Å². The lowest BCUT2D eigenvalue weighted by Crippen LogP contribution is -2.45. The van der Waals surface area contributed by atoms with Gasteiger partial charge in [0.1, 0.15) is 0 Å². The van der Waals surface area contributed by atoms with Crippen LogP contribution in [0, 0.1) is 17.9 Å². The summed E-state index contributed by atoms with van der Waals surface area (Å²) in [7, 11) is 0. The maximum Gasteiger partial charge on any atom is 0.237 e. The SMILES string of the molecule is C#CN(c1ncccn1)[C@@H]1CC[C@@H](O)C(C)(C)C1. The van der Waals surface area contributed by atoms with Crippen molar-refractivity contribution in [2.45, 2.75) is 45.3 Å². The molecule has 0 radical (unpaired) electrons. The first kappa shape index (κ1) is 12.8. The molecule has 1 N–H and O–H groups in total. The molecule has 2 atom stereocenters. The summed E-state index contributed by atoms with van der Waals surface area (Å²) in [4.78, 5) is 10.2. The van der Waals surface area contributed by atoms with Crippen molar-refractivity contribution in [1.29, 1.82) is 0 Å². The van der Waals surface area contributed by atoms with E-state index >= 15 is 0 Å². The lowest BCUT2D eigenvalue weighted by molar-refractivity contribution is 0.00674. The number of aromatic nitrogens is 2. The second-order valence-electron chi connectivity index (χ2n) is 5.49. The lowest BCUT2D eigenvalue weighted by atomic mass is 9.72. The molecule has 0 saturated heterocycles. The summed E-state index contributed by atoms with van der Waals surface area (Å²) >= 11 is 0. The van der Waals surface area contributed by atoms with Gasteiger partial charge < -0.3 is 5.11 Å². The highest BCUT2D eigenvalue weighted by Gasteiger charge is 2.38. The van der Waals surface area contributed by atoms with E-state index in [9.17, 15) is 5.11 Å². The zero-order chi connectivity index (χ0) is 13.2.